The topological polar surface area (TPSA) is 71.4 Å². The van der Waals surface area contributed by atoms with E-state index in [2.05, 4.69) is 32.7 Å². The summed E-state index contributed by atoms with van der Waals surface area (Å²) in [6, 6.07) is 16.6. The Morgan fingerprint density at radius 2 is 2.00 bits per heavy atom. The van der Waals surface area contributed by atoms with E-state index < -0.39 is 0 Å². The molecule has 1 fully saturated rings. The molecule has 2 aromatic carbocycles. The third-order valence-electron chi connectivity index (χ3n) is 5.93. The van der Waals surface area contributed by atoms with Crippen LogP contribution in [0.2, 0.25) is 0 Å². The Morgan fingerprint density at radius 1 is 1.17 bits per heavy atom. The smallest absolute Gasteiger partial charge is 0.349 e. The molecule has 2 atom stereocenters. The van der Waals surface area contributed by atoms with Gasteiger partial charge in [-0.05, 0) is 29.8 Å². The second kappa shape index (κ2) is 7.50. The number of hydrogen-bond donors (Lipinski definition) is 2. The van der Waals surface area contributed by atoms with Crippen LogP contribution in [0.3, 0.4) is 0 Å². The number of ether oxygens (including phenoxy) is 1. The van der Waals surface area contributed by atoms with Gasteiger partial charge in [0, 0.05) is 37.6 Å². The van der Waals surface area contributed by atoms with Gasteiger partial charge in [0.05, 0.1) is 25.2 Å². The Balaban J connectivity index is 1.38. The van der Waals surface area contributed by atoms with Crippen LogP contribution in [-0.2, 0) is 6.54 Å². The van der Waals surface area contributed by atoms with E-state index in [9.17, 15) is 4.79 Å². The van der Waals surface area contributed by atoms with Crippen molar-refractivity contribution in [2.75, 3.05) is 38.6 Å². The molecule has 3 aromatic rings. The van der Waals surface area contributed by atoms with E-state index in [1.54, 1.807) is 11.7 Å². The summed E-state index contributed by atoms with van der Waals surface area (Å²) in [4.78, 5) is 19.2. The molecule has 2 unspecified atom stereocenters. The second-order valence-electron chi connectivity index (χ2n) is 7.70. The van der Waals surface area contributed by atoms with E-state index in [0.29, 0.717) is 12.6 Å². The van der Waals surface area contributed by atoms with Crippen LogP contribution in [0.25, 0.3) is 10.9 Å². The van der Waals surface area contributed by atoms with Crippen LogP contribution < -0.4 is 21.1 Å². The maximum atomic E-state index is 12.5. The van der Waals surface area contributed by atoms with Crippen molar-refractivity contribution < 1.29 is 4.74 Å². The van der Waals surface area contributed by atoms with Crippen LogP contribution >= 0.6 is 0 Å². The highest BCUT2D eigenvalue weighted by Crippen LogP contribution is 2.28. The zero-order valence-electron chi connectivity index (χ0n) is 16.5. The first-order chi connectivity index (χ1) is 14.2. The van der Waals surface area contributed by atoms with Gasteiger partial charge in [-0.1, -0.05) is 24.3 Å². The third-order valence-corrected chi connectivity index (χ3v) is 5.93. The van der Waals surface area contributed by atoms with E-state index in [-0.39, 0.29) is 11.7 Å². The average molecular weight is 391 g/mol. The number of nitrogens with zero attached hydrogens (tertiary/aromatic N) is 3. The molecule has 0 bridgehead atoms. The maximum absolute atomic E-state index is 12.5. The summed E-state index contributed by atoms with van der Waals surface area (Å²) in [5.41, 5.74) is 1.84. The molecule has 0 radical (unpaired) electrons. The summed E-state index contributed by atoms with van der Waals surface area (Å²) in [7, 11) is 1.69. The highest BCUT2D eigenvalue weighted by molar-refractivity contribution is 5.89. The van der Waals surface area contributed by atoms with Crippen molar-refractivity contribution in [2.45, 2.75) is 18.6 Å². The van der Waals surface area contributed by atoms with Crippen molar-refractivity contribution in [3.05, 3.63) is 64.6 Å². The zero-order chi connectivity index (χ0) is 19.8. The van der Waals surface area contributed by atoms with Gasteiger partial charge >= 0.3 is 5.69 Å². The molecule has 5 rings (SSSR count). The van der Waals surface area contributed by atoms with E-state index in [0.717, 1.165) is 48.6 Å². The Hall–Kier alpha value is -2.90. The van der Waals surface area contributed by atoms with E-state index in [1.165, 1.54) is 5.56 Å². The number of para-hydroxylation sites is 1. The fourth-order valence-electron chi connectivity index (χ4n) is 4.47. The monoisotopic (exact) mass is 391 g/mol. The first-order valence-corrected chi connectivity index (χ1v) is 10.1. The Bertz CT molecular complexity index is 1080. The average Bonchev–Trinajstić information content (AvgIpc) is 3.19. The van der Waals surface area contributed by atoms with Crippen LogP contribution in [-0.4, -0.2) is 53.8 Å². The second-order valence-corrected chi connectivity index (χ2v) is 7.70. The maximum Gasteiger partial charge on any atom is 0.349 e. The zero-order valence-corrected chi connectivity index (χ0v) is 16.5. The van der Waals surface area contributed by atoms with E-state index in [4.69, 9.17) is 4.74 Å². The molecular formula is C22H25N5O2. The predicted molar refractivity (Wildman–Crippen MR) is 114 cm³/mol. The molecule has 150 valence electrons. The first kappa shape index (κ1) is 18.1. The molecule has 0 saturated carbocycles. The number of anilines is 1. The number of piperazine rings is 1. The lowest BCUT2D eigenvalue weighted by molar-refractivity contribution is 0.154. The van der Waals surface area contributed by atoms with Gasteiger partial charge in [-0.15, -0.1) is 0 Å². The lowest BCUT2D eigenvalue weighted by atomic mass is 10.0. The standard InChI is InChI=1S/C22H25N5O2/c1-29-17-8-6-15(7-9-17)20-12-23-10-11-26(20)13-16-14-27-21(24-16)18-4-2-3-5-19(18)25-22(27)28/h2-9,16,20,23-24H,10-14H2,1H3. The van der Waals surface area contributed by atoms with Gasteiger partial charge in [0.1, 0.15) is 11.6 Å². The number of methoxy groups -OCH3 is 1. The van der Waals surface area contributed by atoms with Crippen molar-refractivity contribution in [2.24, 2.45) is 0 Å². The Morgan fingerprint density at radius 3 is 2.83 bits per heavy atom. The first-order valence-electron chi connectivity index (χ1n) is 10.1. The van der Waals surface area contributed by atoms with Crippen molar-refractivity contribution in [1.29, 1.82) is 0 Å². The number of fused-ring (bicyclic) bond motifs is 3. The molecule has 2 aliphatic rings. The quantitative estimate of drug-likeness (QED) is 0.707. The van der Waals surface area contributed by atoms with Crippen molar-refractivity contribution in [3.8, 4) is 5.75 Å². The number of aromatic nitrogens is 2. The van der Waals surface area contributed by atoms with E-state index >= 15 is 0 Å². The summed E-state index contributed by atoms with van der Waals surface area (Å²) >= 11 is 0. The molecule has 0 spiro atoms. The SMILES string of the molecule is COc1ccc(C2CNCCN2CC2Cn3c(c4ccccc4nc3=O)N2)cc1. The number of rotatable bonds is 4. The molecule has 0 aliphatic carbocycles. The molecular weight excluding hydrogens is 366 g/mol. The minimum absolute atomic E-state index is 0.175. The van der Waals surface area contributed by atoms with Gasteiger partial charge in [0.15, 0.2) is 0 Å². The lowest BCUT2D eigenvalue weighted by Gasteiger charge is -2.38. The molecule has 1 saturated heterocycles. The van der Waals surface area contributed by atoms with Crippen molar-refractivity contribution in [1.82, 2.24) is 19.8 Å². The van der Waals surface area contributed by atoms with Gasteiger partial charge in [0.2, 0.25) is 0 Å². The van der Waals surface area contributed by atoms with Gasteiger partial charge in [-0.2, -0.15) is 4.98 Å². The summed E-state index contributed by atoms with van der Waals surface area (Å²) in [5, 5.41) is 8.11. The van der Waals surface area contributed by atoms with Crippen LogP contribution in [0.5, 0.6) is 5.75 Å². The minimum atomic E-state index is -0.180. The summed E-state index contributed by atoms with van der Waals surface area (Å²) in [6.45, 7) is 4.37. The fourth-order valence-corrected chi connectivity index (χ4v) is 4.47. The Labute approximate surface area is 169 Å². The van der Waals surface area contributed by atoms with Crippen molar-refractivity contribution >= 4 is 16.7 Å². The van der Waals surface area contributed by atoms with Gasteiger partial charge < -0.3 is 15.4 Å². The van der Waals surface area contributed by atoms with E-state index in [1.807, 2.05) is 36.4 Å². The number of hydrogen-bond acceptors (Lipinski definition) is 6. The molecule has 7 heteroatoms. The highest BCUT2D eigenvalue weighted by atomic mass is 16.5. The van der Waals surface area contributed by atoms with Gasteiger partial charge in [-0.25, -0.2) is 4.79 Å². The van der Waals surface area contributed by atoms with Crippen molar-refractivity contribution in [3.63, 3.8) is 0 Å². The predicted octanol–water partition coefficient (Wildman–Crippen LogP) is 1.85. The summed E-state index contributed by atoms with van der Waals surface area (Å²) in [6.07, 6.45) is 0. The summed E-state index contributed by atoms with van der Waals surface area (Å²) < 4.78 is 7.07. The van der Waals surface area contributed by atoms with Crippen LogP contribution in [0.4, 0.5) is 5.82 Å². The molecule has 29 heavy (non-hydrogen) atoms. The number of nitrogens with one attached hydrogen (secondary N) is 2. The molecule has 2 N–H and O–H groups in total. The minimum Gasteiger partial charge on any atom is -0.497 e. The molecule has 1 aromatic heterocycles. The van der Waals surface area contributed by atoms with Gasteiger partial charge in [0.25, 0.3) is 0 Å². The largest absolute Gasteiger partial charge is 0.497 e. The van der Waals surface area contributed by atoms with Crippen LogP contribution in [0.1, 0.15) is 11.6 Å². The molecule has 7 nitrogen and oxygen atoms in total. The highest BCUT2D eigenvalue weighted by Gasteiger charge is 2.30. The Kier molecular flexibility index (Phi) is 4.69. The molecule has 3 heterocycles. The molecule has 0 amide bonds. The van der Waals surface area contributed by atoms with Crippen LogP contribution in [0.15, 0.2) is 53.3 Å². The normalized spacial score (nSPS) is 21.7. The molecule has 2 aliphatic heterocycles. The fraction of sp³-hybridized carbons (Fsp3) is 0.364. The van der Waals surface area contributed by atoms with Crippen LogP contribution in [0, 0.1) is 0 Å². The third kappa shape index (κ3) is 3.36. The van der Waals surface area contributed by atoms with Gasteiger partial charge in [-0.3, -0.25) is 9.47 Å². The number of benzene rings is 2. The summed E-state index contributed by atoms with van der Waals surface area (Å²) in [5.74, 6) is 1.76. The lowest BCUT2D eigenvalue weighted by Crippen LogP contribution is -2.49.